The van der Waals surface area contributed by atoms with Gasteiger partial charge in [-0.05, 0) is 147 Å². The van der Waals surface area contributed by atoms with Gasteiger partial charge in [0.25, 0.3) is 0 Å². The fraction of sp³-hybridized carbons (Fsp3) is 0.200. The molecule has 6 nitrogen and oxygen atoms in total. The van der Waals surface area contributed by atoms with Crippen LogP contribution in [0.4, 0.5) is 11.6 Å². The Hall–Kier alpha value is -7.96. The Morgan fingerprint density at radius 2 is 0.803 bits per heavy atom. The Morgan fingerprint density at radius 3 is 1.34 bits per heavy atom. The van der Waals surface area contributed by atoms with Crippen LogP contribution in [0.25, 0.3) is 55.5 Å². The highest BCUT2D eigenvalue weighted by Crippen LogP contribution is 2.64. The number of aromatic nitrogens is 2. The minimum Gasteiger partial charge on any atom is -0.303 e. The van der Waals surface area contributed by atoms with Crippen LogP contribution in [0.2, 0.25) is 0 Å². The normalized spacial score (nSPS) is 18.0. The molecule has 13 rings (SSSR count). The summed E-state index contributed by atoms with van der Waals surface area (Å²) in [5, 5.41) is 2.41. The van der Waals surface area contributed by atoms with Gasteiger partial charge in [-0.3, -0.25) is 9.98 Å². The van der Waals surface area contributed by atoms with Gasteiger partial charge in [0.2, 0.25) is 0 Å². The van der Waals surface area contributed by atoms with E-state index in [-0.39, 0.29) is 22.2 Å². The average Bonchev–Trinajstić information content (AvgIpc) is 3.99. The molecule has 9 aromatic rings. The Morgan fingerprint density at radius 1 is 0.352 bits per heavy atom. The summed E-state index contributed by atoms with van der Waals surface area (Å²) >= 11 is 0. The van der Waals surface area contributed by atoms with Crippen LogP contribution in [0.3, 0.4) is 0 Å². The molecule has 0 atom stereocenters. The summed E-state index contributed by atoms with van der Waals surface area (Å²) in [6, 6.07) is 70.7. The van der Waals surface area contributed by atoms with E-state index in [0.29, 0.717) is 0 Å². The number of hydrogen-bond acceptors (Lipinski definition) is 6. The topological polar surface area (TPSA) is 57.0 Å². The van der Waals surface area contributed by atoms with Crippen molar-refractivity contribution in [3.8, 4) is 44.8 Å². The van der Waals surface area contributed by atoms with Crippen molar-refractivity contribution in [2.45, 2.75) is 83.0 Å². The van der Waals surface area contributed by atoms with Gasteiger partial charge in [0, 0.05) is 22.3 Å². The van der Waals surface area contributed by atoms with Gasteiger partial charge in [0.1, 0.15) is 23.3 Å². The Bertz CT molecular complexity index is 3680. The maximum atomic E-state index is 5.52. The molecule has 2 aliphatic heterocycles. The number of hydrogen-bond donors (Lipinski definition) is 0. The molecule has 6 heteroatoms. The summed E-state index contributed by atoms with van der Waals surface area (Å²) in [7, 11) is 0. The Balaban J connectivity index is 0.958. The predicted octanol–water partition coefficient (Wildman–Crippen LogP) is 15.0. The van der Waals surface area contributed by atoms with E-state index >= 15 is 0 Å². The molecular weight excluding hydrogens is 865 g/mol. The van der Waals surface area contributed by atoms with Gasteiger partial charge >= 0.3 is 0 Å². The number of rotatable bonds is 6. The molecule has 0 saturated heterocycles. The molecule has 0 radical (unpaired) electrons. The van der Waals surface area contributed by atoms with Crippen molar-refractivity contribution >= 4 is 34.1 Å². The van der Waals surface area contributed by atoms with Gasteiger partial charge in [-0.1, -0.05) is 158 Å². The van der Waals surface area contributed by atoms with Crippen LogP contribution in [-0.4, -0.2) is 43.8 Å². The van der Waals surface area contributed by atoms with Crippen molar-refractivity contribution in [1.29, 1.82) is 0 Å². The van der Waals surface area contributed by atoms with E-state index in [1.165, 1.54) is 55.3 Å². The number of pyridine rings is 2. The van der Waals surface area contributed by atoms with Crippen LogP contribution >= 0.6 is 0 Å². The summed E-state index contributed by atoms with van der Waals surface area (Å²) in [5.74, 6) is 3.66. The number of anilines is 2. The molecule has 2 aromatic heterocycles. The standard InChI is InChI=1S/C65H56N6/c1-61(2)63(5,6)70(59(68-61)41-21-11-9-12-22-41)56-31-19-29-54(66-56)44-34-36-46-43(39-44)33-38-50-49-37-35-45(40-53(49)65(58(46)50)51-27-17-15-25-47(51)48-26-16-18-28-52(48)65)55-30-20-32-57(67-55)71-60(42-23-13-10-14-24-42)69-62(3,4)64(71,7)8/h9-40H,1-8H3. The SMILES string of the molecule is CC1(C)N=C(c2ccccc2)N(c2cccc(-c3ccc4c(c3)C3(c5ccccc5-c5ccccc53)c3c-4ccc4cc(-c5cccc(N6C(c7ccccc7)=NC(C)(C)C6(C)C)n5)ccc34)n2)C1(C)C. The largest absolute Gasteiger partial charge is 0.303 e. The minimum absolute atomic E-state index is 0.327. The second kappa shape index (κ2) is 15.0. The van der Waals surface area contributed by atoms with E-state index in [1.54, 1.807) is 0 Å². The lowest BCUT2D eigenvalue weighted by Gasteiger charge is -2.40. The zero-order chi connectivity index (χ0) is 48.7. The second-order valence-electron chi connectivity index (χ2n) is 21.8. The van der Waals surface area contributed by atoms with E-state index in [2.05, 4.69) is 259 Å². The van der Waals surface area contributed by atoms with Crippen LogP contribution in [-0.2, 0) is 5.41 Å². The van der Waals surface area contributed by atoms with Gasteiger partial charge in [-0.2, -0.15) is 0 Å². The molecule has 0 N–H and O–H groups in total. The van der Waals surface area contributed by atoms with Crippen molar-refractivity contribution in [3.63, 3.8) is 0 Å². The van der Waals surface area contributed by atoms with Crippen LogP contribution in [0.15, 0.2) is 204 Å². The predicted molar refractivity (Wildman–Crippen MR) is 294 cm³/mol. The molecule has 4 aliphatic rings. The lowest BCUT2D eigenvalue weighted by atomic mass is 9.69. The van der Waals surface area contributed by atoms with E-state index in [1.807, 2.05) is 0 Å². The van der Waals surface area contributed by atoms with Gasteiger partial charge in [-0.15, -0.1) is 0 Å². The molecule has 1 spiro atoms. The number of benzene rings is 7. The summed E-state index contributed by atoms with van der Waals surface area (Å²) in [6.45, 7) is 18.0. The molecule has 0 bridgehead atoms. The maximum Gasteiger partial charge on any atom is 0.137 e. The highest BCUT2D eigenvalue weighted by molar-refractivity contribution is 6.13. The highest BCUT2D eigenvalue weighted by Gasteiger charge is 2.54. The van der Waals surface area contributed by atoms with Crippen LogP contribution in [0, 0.1) is 0 Å². The lowest BCUT2D eigenvalue weighted by molar-refractivity contribution is 0.337. The molecule has 0 fully saturated rings. The molecular formula is C65H56N6. The molecule has 4 heterocycles. The zero-order valence-corrected chi connectivity index (χ0v) is 41.7. The van der Waals surface area contributed by atoms with Crippen molar-refractivity contribution < 1.29 is 0 Å². The first-order chi connectivity index (χ1) is 34.2. The third-order valence-corrected chi connectivity index (χ3v) is 17.0. The quantitative estimate of drug-likeness (QED) is 0.167. The lowest BCUT2D eigenvalue weighted by Crippen LogP contribution is -2.53. The molecule has 71 heavy (non-hydrogen) atoms. The van der Waals surface area contributed by atoms with Crippen molar-refractivity contribution in [2.75, 3.05) is 9.80 Å². The van der Waals surface area contributed by atoms with Crippen molar-refractivity contribution in [1.82, 2.24) is 9.97 Å². The maximum absolute atomic E-state index is 5.52. The summed E-state index contributed by atoms with van der Waals surface area (Å²) in [6.07, 6.45) is 0. The van der Waals surface area contributed by atoms with Crippen molar-refractivity contribution in [3.05, 3.63) is 228 Å². The summed E-state index contributed by atoms with van der Waals surface area (Å²) < 4.78 is 0. The minimum atomic E-state index is -0.569. The molecule has 0 saturated carbocycles. The third-order valence-electron chi connectivity index (χ3n) is 17.0. The summed E-state index contributed by atoms with van der Waals surface area (Å²) in [5.41, 5.74) is 14.5. The van der Waals surface area contributed by atoms with E-state index in [4.69, 9.17) is 20.0 Å². The van der Waals surface area contributed by atoms with Crippen molar-refractivity contribution in [2.24, 2.45) is 9.98 Å². The first-order valence-corrected chi connectivity index (χ1v) is 25.0. The van der Waals surface area contributed by atoms with Crippen LogP contribution in [0.1, 0.15) is 88.8 Å². The van der Waals surface area contributed by atoms with Crippen LogP contribution in [0.5, 0.6) is 0 Å². The second-order valence-corrected chi connectivity index (χ2v) is 21.8. The van der Waals surface area contributed by atoms with Gasteiger partial charge in [0.05, 0.1) is 39.0 Å². The van der Waals surface area contributed by atoms with E-state index < -0.39 is 5.41 Å². The first-order valence-electron chi connectivity index (χ1n) is 25.0. The van der Waals surface area contributed by atoms with Gasteiger partial charge in [-0.25, -0.2) is 9.97 Å². The Labute approximate surface area is 417 Å². The monoisotopic (exact) mass is 920 g/mol. The van der Waals surface area contributed by atoms with E-state index in [0.717, 1.165) is 56.9 Å². The first kappa shape index (κ1) is 43.1. The number of aliphatic imine (C=N–C) groups is 2. The van der Waals surface area contributed by atoms with E-state index in [9.17, 15) is 0 Å². The molecule has 7 aromatic carbocycles. The molecule has 0 unspecified atom stereocenters. The average molecular weight is 921 g/mol. The number of nitrogens with zero attached hydrogens (tertiary/aromatic N) is 6. The van der Waals surface area contributed by atoms with Crippen LogP contribution < -0.4 is 9.80 Å². The molecule has 346 valence electrons. The molecule has 0 amide bonds. The third kappa shape index (κ3) is 6.00. The number of fused-ring (bicyclic) bond motifs is 12. The molecule has 2 aliphatic carbocycles. The smallest absolute Gasteiger partial charge is 0.137 e. The summed E-state index contributed by atoms with van der Waals surface area (Å²) in [4.78, 5) is 26.3. The Kier molecular flexibility index (Phi) is 9.12. The highest BCUT2D eigenvalue weighted by atomic mass is 15.4. The fourth-order valence-corrected chi connectivity index (χ4v) is 12.0. The number of amidine groups is 2. The van der Waals surface area contributed by atoms with Gasteiger partial charge < -0.3 is 9.80 Å². The zero-order valence-electron chi connectivity index (χ0n) is 41.7. The van der Waals surface area contributed by atoms with Gasteiger partial charge in [0.15, 0.2) is 0 Å². The fourth-order valence-electron chi connectivity index (χ4n) is 12.0.